The molecule has 0 saturated carbocycles. The first-order valence-corrected chi connectivity index (χ1v) is 7.42. The Hall–Kier alpha value is -2.15. The van der Waals surface area contributed by atoms with Crippen LogP contribution in [0.4, 0.5) is 10.5 Å². The van der Waals surface area contributed by atoms with Crippen LogP contribution >= 0.6 is 0 Å². The number of aliphatic hydroxyl groups excluding tert-OH is 1. The molecule has 2 amide bonds. The van der Waals surface area contributed by atoms with Crippen molar-refractivity contribution in [2.24, 2.45) is 0 Å². The lowest BCUT2D eigenvalue weighted by Gasteiger charge is -2.34. The van der Waals surface area contributed by atoms with E-state index in [2.05, 4.69) is 10.3 Å². The van der Waals surface area contributed by atoms with Crippen LogP contribution < -0.4 is 5.32 Å². The number of pyridine rings is 1. The third-order valence-corrected chi connectivity index (χ3v) is 3.23. The van der Waals surface area contributed by atoms with Crippen molar-refractivity contribution in [1.82, 2.24) is 9.88 Å². The number of aliphatic hydroxyl groups is 1. The molecule has 0 saturated heterocycles. The summed E-state index contributed by atoms with van der Waals surface area (Å²) in [6.07, 6.45) is -0.337. The molecule has 2 N–H and O–H groups in total. The molecule has 2 heterocycles. The van der Waals surface area contributed by atoms with Gasteiger partial charge in [-0.15, -0.1) is 0 Å². The number of hydrogen-bond donors (Lipinski definition) is 2. The highest BCUT2D eigenvalue weighted by atomic mass is 16.6. The Morgan fingerprint density at radius 1 is 1.30 bits per heavy atom. The molecule has 1 aliphatic rings. The number of nitrogens with zero attached hydrogens (tertiary/aromatic N) is 2. The van der Waals surface area contributed by atoms with Gasteiger partial charge in [0.2, 0.25) is 0 Å². The van der Waals surface area contributed by atoms with E-state index in [1.165, 1.54) is 11.1 Å². The van der Waals surface area contributed by atoms with Gasteiger partial charge < -0.3 is 14.7 Å². The number of hydrogen-bond acceptors (Lipinski definition) is 5. The van der Waals surface area contributed by atoms with Crippen molar-refractivity contribution in [3.8, 4) is 0 Å². The number of rotatable bonds is 1. The van der Waals surface area contributed by atoms with E-state index in [4.69, 9.17) is 4.74 Å². The van der Waals surface area contributed by atoms with E-state index >= 15 is 0 Å². The van der Waals surface area contributed by atoms with E-state index < -0.39 is 23.5 Å². The highest BCUT2D eigenvalue weighted by Gasteiger charge is 2.42. The van der Waals surface area contributed by atoms with Crippen molar-refractivity contribution in [1.29, 1.82) is 0 Å². The van der Waals surface area contributed by atoms with Gasteiger partial charge in [0, 0.05) is 11.1 Å². The Morgan fingerprint density at radius 2 is 1.91 bits per heavy atom. The maximum absolute atomic E-state index is 12.4. The maximum atomic E-state index is 12.4. The molecule has 126 valence electrons. The van der Waals surface area contributed by atoms with Gasteiger partial charge in [0.25, 0.3) is 5.91 Å². The summed E-state index contributed by atoms with van der Waals surface area (Å²) in [7, 11) is 0. The molecule has 1 unspecified atom stereocenters. The van der Waals surface area contributed by atoms with Gasteiger partial charge in [-0.3, -0.25) is 10.1 Å². The Balaban J connectivity index is 2.24. The maximum Gasteiger partial charge on any atom is 0.412 e. The van der Waals surface area contributed by atoms with E-state index in [-0.39, 0.29) is 11.6 Å². The van der Waals surface area contributed by atoms with Gasteiger partial charge >= 0.3 is 6.09 Å². The second-order valence-corrected chi connectivity index (χ2v) is 7.51. The third-order valence-electron chi connectivity index (χ3n) is 3.23. The molecule has 0 bridgehead atoms. The topological polar surface area (TPSA) is 91.8 Å². The lowest BCUT2D eigenvalue weighted by Crippen LogP contribution is -2.43. The van der Waals surface area contributed by atoms with E-state index in [0.717, 1.165) is 0 Å². The first kappa shape index (κ1) is 17.2. The van der Waals surface area contributed by atoms with Gasteiger partial charge in [-0.05, 0) is 47.6 Å². The van der Waals surface area contributed by atoms with Gasteiger partial charge in [0.05, 0.1) is 11.9 Å². The molecule has 0 aliphatic carbocycles. The zero-order valence-corrected chi connectivity index (χ0v) is 14.3. The van der Waals surface area contributed by atoms with Crippen LogP contribution in [0.3, 0.4) is 0 Å². The smallest absolute Gasteiger partial charge is 0.412 e. The van der Waals surface area contributed by atoms with Crippen LogP contribution in [0.1, 0.15) is 63.8 Å². The number of fused-ring (bicyclic) bond motifs is 1. The van der Waals surface area contributed by atoms with Crippen LogP contribution in [-0.4, -0.2) is 38.1 Å². The number of carbonyl (C=O) groups excluding carboxylic acids is 2. The molecule has 1 aromatic rings. The summed E-state index contributed by atoms with van der Waals surface area (Å²) in [6, 6.07) is 1.54. The molecule has 1 aromatic heterocycles. The minimum Gasteiger partial charge on any atom is -0.444 e. The SMILES string of the molecule is CC(C)(C)OC(=O)Nc1cnc2c(c1)C(O)N(C(C)(C)C)C2=O. The number of nitrogens with one attached hydrogen (secondary N) is 1. The number of ether oxygens (including phenoxy) is 1. The highest BCUT2D eigenvalue weighted by molar-refractivity contribution is 5.98. The molecule has 7 heteroatoms. The summed E-state index contributed by atoms with van der Waals surface area (Å²) in [5.41, 5.74) is -0.232. The molecular weight excluding hydrogens is 298 g/mol. The fourth-order valence-electron chi connectivity index (χ4n) is 2.38. The summed E-state index contributed by atoms with van der Waals surface area (Å²) in [5.74, 6) is -0.330. The normalized spacial score (nSPS) is 18.0. The Kier molecular flexibility index (Phi) is 4.11. The third kappa shape index (κ3) is 3.61. The minimum atomic E-state index is -1.09. The van der Waals surface area contributed by atoms with Crippen molar-refractivity contribution in [2.45, 2.75) is 58.9 Å². The van der Waals surface area contributed by atoms with Crippen molar-refractivity contribution < 1.29 is 19.4 Å². The minimum absolute atomic E-state index is 0.196. The summed E-state index contributed by atoms with van der Waals surface area (Å²) in [4.78, 5) is 29.6. The van der Waals surface area contributed by atoms with Crippen LogP contribution in [0.25, 0.3) is 0 Å². The molecule has 7 nitrogen and oxygen atoms in total. The largest absolute Gasteiger partial charge is 0.444 e. The first-order valence-electron chi connectivity index (χ1n) is 7.42. The average molecular weight is 321 g/mol. The first-order chi connectivity index (χ1) is 10.4. The molecule has 0 radical (unpaired) electrons. The molecule has 23 heavy (non-hydrogen) atoms. The Bertz CT molecular complexity index is 644. The zero-order chi connectivity index (χ0) is 17.6. The fraction of sp³-hybridized carbons (Fsp3) is 0.562. The van der Waals surface area contributed by atoms with Gasteiger partial charge in [-0.1, -0.05) is 0 Å². The Labute approximate surface area is 135 Å². The summed E-state index contributed by atoms with van der Waals surface area (Å²) in [6.45, 7) is 10.8. The van der Waals surface area contributed by atoms with Crippen LogP contribution in [0, 0.1) is 0 Å². The van der Waals surface area contributed by atoms with Crippen LogP contribution in [0.5, 0.6) is 0 Å². The molecular formula is C16H23N3O4. The molecule has 0 aromatic carbocycles. The van der Waals surface area contributed by atoms with Crippen molar-refractivity contribution in [3.05, 3.63) is 23.5 Å². The van der Waals surface area contributed by atoms with E-state index in [9.17, 15) is 14.7 Å². The second kappa shape index (κ2) is 5.49. The highest BCUT2D eigenvalue weighted by Crippen LogP contribution is 2.36. The second-order valence-electron chi connectivity index (χ2n) is 7.51. The van der Waals surface area contributed by atoms with E-state index in [0.29, 0.717) is 11.3 Å². The summed E-state index contributed by atoms with van der Waals surface area (Å²) >= 11 is 0. The van der Waals surface area contributed by atoms with Gasteiger partial charge in [0.15, 0.2) is 6.23 Å². The molecule has 0 spiro atoms. The van der Waals surface area contributed by atoms with Crippen molar-refractivity contribution >= 4 is 17.7 Å². The van der Waals surface area contributed by atoms with Crippen LogP contribution in [-0.2, 0) is 4.74 Å². The van der Waals surface area contributed by atoms with E-state index in [1.54, 1.807) is 26.8 Å². The van der Waals surface area contributed by atoms with Crippen LogP contribution in [0.15, 0.2) is 12.3 Å². The van der Waals surface area contributed by atoms with Gasteiger partial charge in [-0.2, -0.15) is 0 Å². The standard InChI is InChI=1S/C16H23N3O4/c1-15(2,3)19-12(20)10-7-9(8-17-11(10)13(19)21)18-14(22)23-16(4,5)6/h7-8,12,20H,1-6H3,(H,18,22). The number of aromatic nitrogens is 1. The number of amides is 2. The lowest BCUT2D eigenvalue weighted by atomic mass is 10.1. The lowest BCUT2D eigenvalue weighted by molar-refractivity contribution is -0.0228. The predicted octanol–water partition coefficient (Wildman–Crippen LogP) is 2.67. The van der Waals surface area contributed by atoms with Gasteiger partial charge in [-0.25, -0.2) is 9.78 Å². The fourth-order valence-corrected chi connectivity index (χ4v) is 2.38. The van der Waals surface area contributed by atoms with Gasteiger partial charge in [0.1, 0.15) is 11.3 Å². The molecule has 1 atom stereocenters. The van der Waals surface area contributed by atoms with Crippen molar-refractivity contribution in [2.75, 3.05) is 5.32 Å². The van der Waals surface area contributed by atoms with Crippen molar-refractivity contribution in [3.63, 3.8) is 0 Å². The Morgan fingerprint density at radius 3 is 2.43 bits per heavy atom. The quantitative estimate of drug-likeness (QED) is 0.829. The molecule has 0 fully saturated rings. The number of anilines is 1. The number of carbonyl (C=O) groups is 2. The summed E-state index contributed by atoms with van der Waals surface area (Å²) in [5, 5.41) is 13.0. The molecule has 2 rings (SSSR count). The zero-order valence-electron chi connectivity index (χ0n) is 14.3. The summed E-state index contributed by atoms with van der Waals surface area (Å²) < 4.78 is 5.17. The monoisotopic (exact) mass is 321 g/mol. The van der Waals surface area contributed by atoms with Crippen LogP contribution in [0.2, 0.25) is 0 Å². The molecule has 1 aliphatic heterocycles. The van der Waals surface area contributed by atoms with E-state index in [1.807, 2.05) is 20.8 Å². The average Bonchev–Trinajstić information content (AvgIpc) is 2.58. The predicted molar refractivity (Wildman–Crippen MR) is 85.0 cm³/mol.